The molecule has 12 aromatic rings. The van der Waals surface area contributed by atoms with Crippen LogP contribution in [-0.4, -0.2) is 9.97 Å². The Morgan fingerprint density at radius 3 is 0.828 bits per heavy atom. The van der Waals surface area contributed by atoms with Crippen LogP contribution in [0.25, 0.3) is 79.9 Å². The molecule has 0 saturated heterocycles. The van der Waals surface area contributed by atoms with Crippen LogP contribution >= 0.6 is 0 Å². The lowest BCUT2D eigenvalue weighted by atomic mass is 9.81. The van der Waals surface area contributed by atoms with E-state index in [1.54, 1.807) is 0 Å². The van der Waals surface area contributed by atoms with Gasteiger partial charge in [-0.25, -0.2) is 0 Å². The summed E-state index contributed by atoms with van der Waals surface area (Å²) >= 11 is 0. The summed E-state index contributed by atoms with van der Waals surface area (Å²) in [6, 6.07) is 89.1. The molecule has 4 heteroatoms. The van der Waals surface area contributed by atoms with E-state index >= 15 is 0 Å². The van der Waals surface area contributed by atoms with Gasteiger partial charge in [-0.3, -0.25) is 9.97 Å². The molecular formula is C83H66N4. The van der Waals surface area contributed by atoms with E-state index in [0.29, 0.717) is 0 Å². The molecule has 0 N–H and O–H groups in total. The summed E-state index contributed by atoms with van der Waals surface area (Å²) in [5.41, 5.74) is 31.3. The molecular weight excluding hydrogens is 1050 g/mol. The number of pyridine rings is 2. The first-order valence-electron chi connectivity index (χ1n) is 30.3. The molecule has 15 rings (SSSR count). The number of nitrogens with zero attached hydrogens (tertiary/aromatic N) is 4. The van der Waals surface area contributed by atoms with Crippen LogP contribution in [0.15, 0.2) is 267 Å². The second-order valence-electron chi connectivity index (χ2n) is 25.1. The van der Waals surface area contributed by atoms with Gasteiger partial charge < -0.3 is 9.80 Å². The van der Waals surface area contributed by atoms with Gasteiger partial charge in [0.15, 0.2) is 0 Å². The maximum Gasteiger partial charge on any atom is 0.0644 e. The van der Waals surface area contributed by atoms with Crippen LogP contribution in [-0.2, 0) is 16.2 Å². The molecule has 0 radical (unpaired) electrons. The number of fused-ring (bicyclic) bond motifs is 9. The Morgan fingerprint density at radius 1 is 0.253 bits per heavy atom. The van der Waals surface area contributed by atoms with Crippen molar-refractivity contribution in [3.63, 3.8) is 0 Å². The van der Waals surface area contributed by atoms with E-state index < -0.39 is 0 Å². The van der Waals surface area contributed by atoms with Crippen LogP contribution < -0.4 is 9.80 Å². The Hall–Kier alpha value is -10.4. The van der Waals surface area contributed by atoms with Gasteiger partial charge in [-0.15, -0.1) is 0 Å². The van der Waals surface area contributed by atoms with Gasteiger partial charge in [0.05, 0.1) is 23.8 Å². The highest BCUT2D eigenvalue weighted by Gasteiger charge is 2.39. The molecule has 87 heavy (non-hydrogen) atoms. The Kier molecular flexibility index (Phi) is 12.9. The zero-order valence-corrected chi connectivity index (χ0v) is 50.0. The lowest BCUT2D eigenvalue weighted by Gasteiger charge is -2.28. The van der Waals surface area contributed by atoms with E-state index in [2.05, 4.69) is 316 Å². The van der Waals surface area contributed by atoms with Crippen molar-refractivity contribution in [1.82, 2.24) is 9.97 Å². The maximum absolute atomic E-state index is 4.54. The van der Waals surface area contributed by atoms with E-state index in [0.717, 1.165) is 34.1 Å². The quantitative estimate of drug-likeness (QED) is 0.114. The molecule has 0 spiro atoms. The molecule has 0 aliphatic heterocycles. The topological polar surface area (TPSA) is 32.3 Å². The Bertz CT molecular complexity index is 4370. The fraction of sp³-hybridized carbons (Fsp3) is 0.108. The Morgan fingerprint density at radius 2 is 0.529 bits per heavy atom. The molecule has 2 aromatic heterocycles. The van der Waals surface area contributed by atoms with Crippen molar-refractivity contribution in [3.8, 4) is 55.6 Å². The third kappa shape index (κ3) is 9.32. The van der Waals surface area contributed by atoms with Gasteiger partial charge in [-0.2, -0.15) is 0 Å². The molecule has 2 heterocycles. The minimum atomic E-state index is -0.209. The molecule has 0 bridgehead atoms. The van der Waals surface area contributed by atoms with Crippen molar-refractivity contribution >= 4 is 58.4 Å². The summed E-state index contributed by atoms with van der Waals surface area (Å²) in [5.74, 6) is 0. The summed E-state index contributed by atoms with van der Waals surface area (Å²) < 4.78 is 0. The van der Waals surface area contributed by atoms with Crippen molar-refractivity contribution in [2.45, 2.75) is 57.8 Å². The molecule has 0 unspecified atom stereocenters. The molecule has 10 aromatic carbocycles. The highest BCUT2D eigenvalue weighted by molar-refractivity contribution is 5.91. The zero-order chi connectivity index (χ0) is 59.0. The fourth-order valence-corrected chi connectivity index (χ4v) is 14.1. The van der Waals surface area contributed by atoms with Crippen molar-refractivity contribution in [2.75, 3.05) is 9.80 Å². The van der Waals surface area contributed by atoms with Gasteiger partial charge in [0.1, 0.15) is 0 Å². The summed E-state index contributed by atoms with van der Waals surface area (Å²) in [5, 5.41) is 0. The van der Waals surface area contributed by atoms with Gasteiger partial charge in [0, 0.05) is 51.4 Å². The van der Waals surface area contributed by atoms with Crippen LogP contribution in [0.2, 0.25) is 0 Å². The van der Waals surface area contributed by atoms with E-state index in [1.165, 1.54) is 111 Å². The van der Waals surface area contributed by atoms with Crippen molar-refractivity contribution in [2.24, 2.45) is 0 Å². The average molecular weight is 1120 g/mol. The SMILES string of the molecule is CC1(C)c2cc(/C=C/c3ccc4c(c3)C(C)(C)c3cc(N(c5ccc(-c6ccccc6)cc5)c5cccnc5)ccc3-4)ccc2-c2ccc(/C=C/c3ccc4c(c3)C(C)(C)c3cc(N(c5ccc(-c6ccccc6)cc5)c5cccnc5)ccc3-4)cc21. The van der Waals surface area contributed by atoms with Crippen LogP contribution in [0, 0.1) is 0 Å². The highest BCUT2D eigenvalue weighted by Crippen LogP contribution is 2.54. The van der Waals surface area contributed by atoms with Crippen molar-refractivity contribution in [1.29, 1.82) is 0 Å². The molecule has 3 aliphatic rings. The minimum Gasteiger partial charge on any atom is -0.309 e. The molecule has 0 amide bonds. The molecule has 4 nitrogen and oxygen atoms in total. The second-order valence-corrected chi connectivity index (χ2v) is 25.1. The van der Waals surface area contributed by atoms with E-state index in [9.17, 15) is 0 Å². The largest absolute Gasteiger partial charge is 0.309 e. The van der Waals surface area contributed by atoms with Crippen molar-refractivity contribution in [3.05, 3.63) is 323 Å². The lowest BCUT2D eigenvalue weighted by molar-refractivity contribution is 0.660. The third-order valence-corrected chi connectivity index (χ3v) is 18.8. The predicted molar refractivity (Wildman–Crippen MR) is 366 cm³/mol. The van der Waals surface area contributed by atoms with Gasteiger partial charge in [-0.1, -0.05) is 236 Å². The first-order chi connectivity index (χ1) is 42.4. The maximum atomic E-state index is 4.54. The first-order valence-corrected chi connectivity index (χ1v) is 30.3. The van der Waals surface area contributed by atoms with Crippen LogP contribution in [0.5, 0.6) is 0 Å². The molecule has 0 fully saturated rings. The Balaban J connectivity index is 0.653. The van der Waals surface area contributed by atoms with Crippen LogP contribution in [0.4, 0.5) is 34.1 Å². The van der Waals surface area contributed by atoms with Gasteiger partial charge in [-0.05, 0) is 184 Å². The van der Waals surface area contributed by atoms with Gasteiger partial charge in [0.2, 0.25) is 0 Å². The predicted octanol–water partition coefficient (Wildman–Crippen LogP) is 22.0. The number of benzene rings is 10. The standard InChI is InChI=1S/C83H66N4/c1-81(2)75-47-55(21-23-57-27-41-71-73-43-37-65(51-79(73)82(3,4)77(71)49-57)86(67-19-13-45-84-53-67)63-33-29-61(30-34-63)59-15-9-7-10-16-59)25-39-69(75)70-40-26-56(48-76(70)81)22-24-58-28-42-72-74-44-38-66(52-80(74)83(5,6)78(72)50-58)87(68-20-14-46-85-54-68)64-35-31-62(32-36-64)60-17-11-8-12-18-60/h7-54H,1-6H3/b23-21+,24-22+. The summed E-state index contributed by atoms with van der Waals surface area (Å²) in [4.78, 5) is 13.7. The Labute approximate surface area is 511 Å². The molecule has 0 atom stereocenters. The number of aromatic nitrogens is 2. The molecule has 0 saturated carbocycles. The number of anilines is 6. The highest BCUT2D eigenvalue weighted by atomic mass is 15.2. The molecule has 3 aliphatic carbocycles. The van der Waals surface area contributed by atoms with Crippen LogP contribution in [0.3, 0.4) is 0 Å². The summed E-state index contributed by atoms with van der Waals surface area (Å²) in [6.07, 6.45) is 16.7. The van der Waals surface area contributed by atoms with E-state index in [-0.39, 0.29) is 16.2 Å². The van der Waals surface area contributed by atoms with E-state index in [4.69, 9.17) is 0 Å². The lowest BCUT2D eigenvalue weighted by Crippen LogP contribution is -2.16. The first kappa shape index (κ1) is 53.3. The van der Waals surface area contributed by atoms with Gasteiger partial charge in [0.25, 0.3) is 0 Å². The average Bonchev–Trinajstić information content (AvgIpc) is 1.68. The third-order valence-electron chi connectivity index (χ3n) is 18.8. The summed E-state index contributed by atoms with van der Waals surface area (Å²) in [7, 11) is 0. The normalized spacial score (nSPS) is 14.3. The molecule has 418 valence electrons. The number of hydrogen-bond acceptors (Lipinski definition) is 4. The number of hydrogen-bond donors (Lipinski definition) is 0. The minimum absolute atomic E-state index is 0.167. The van der Waals surface area contributed by atoms with Crippen molar-refractivity contribution < 1.29 is 0 Å². The van der Waals surface area contributed by atoms with E-state index in [1.807, 2.05) is 36.9 Å². The van der Waals surface area contributed by atoms with Gasteiger partial charge >= 0.3 is 0 Å². The number of rotatable bonds is 12. The monoisotopic (exact) mass is 1120 g/mol. The second kappa shape index (κ2) is 21.0. The zero-order valence-electron chi connectivity index (χ0n) is 50.0. The summed E-state index contributed by atoms with van der Waals surface area (Å²) in [6.45, 7) is 14.2. The van der Waals surface area contributed by atoms with Crippen LogP contribution in [0.1, 0.15) is 97.2 Å². The smallest absolute Gasteiger partial charge is 0.0644 e. The fourth-order valence-electron chi connectivity index (χ4n) is 14.1.